The van der Waals surface area contributed by atoms with Gasteiger partial charge in [-0.2, -0.15) is 0 Å². The minimum absolute atomic E-state index is 0.206. The molecule has 0 amide bonds. The molecule has 0 bridgehead atoms. The summed E-state index contributed by atoms with van der Waals surface area (Å²) in [6, 6.07) is 16.8. The lowest BCUT2D eigenvalue weighted by Gasteiger charge is -2.25. The number of ketones is 1. The van der Waals surface area contributed by atoms with Crippen LogP contribution in [0, 0.1) is 6.92 Å². The van der Waals surface area contributed by atoms with E-state index < -0.39 is 0 Å². The van der Waals surface area contributed by atoms with E-state index in [9.17, 15) is 4.79 Å². The van der Waals surface area contributed by atoms with Crippen molar-refractivity contribution in [2.24, 2.45) is 0 Å². The number of hydrogen-bond donors (Lipinski definition) is 0. The van der Waals surface area contributed by atoms with E-state index in [1.165, 1.54) is 16.7 Å². The number of Topliss-reactive ketones (excluding diaryl/α,β-unsaturated/α-hetero) is 1. The highest BCUT2D eigenvalue weighted by Gasteiger charge is 2.31. The Bertz CT molecular complexity index is 633. The normalized spacial score (nSPS) is 17.6. The Hall–Kier alpha value is -1.93. The molecule has 1 unspecified atom stereocenters. The highest BCUT2D eigenvalue weighted by Crippen LogP contribution is 2.36. The Kier molecular flexibility index (Phi) is 3.41. The van der Waals surface area contributed by atoms with Crippen LogP contribution in [-0.2, 0) is 6.54 Å². The summed E-state index contributed by atoms with van der Waals surface area (Å²) in [4.78, 5) is 14.4. The van der Waals surface area contributed by atoms with Crippen LogP contribution in [0.2, 0.25) is 0 Å². The molecule has 1 aliphatic rings. The summed E-state index contributed by atoms with van der Waals surface area (Å²) in [6.45, 7) is 2.95. The van der Waals surface area contributed by atoms with E-state index in [-0.39, 0.29) is 11.8 Å². The van der Waals surface area contributed by atoms with Crippen LogP contribution in [0.25, 0.3) is 0 Å². The van der Waals surface area contributed by atoms with E-state index in [0.29, 0.717) is 6.42 Å². The minimum atomic E-state index is 0.206. The zero-order valence-corrected chi connectivity index (χ0v) is 12.0. The standard InChI is InChI=1S/C18H19NO/c1-13-8-9-15-16(10-13)17(11-18(15)20)19(2)12-14-6-4-3-5-7-14/h3-10,17H,11-12H2,1-2H3. The lowest BCUT2D eigenvalue weighted by atomic mass is 10.0. The molecule has 2 heteroatoms. The Morgan fingerprint density at radius 1 is 1.15 bits per heavy atom. The molecule has 0 aromatic heterocycles. The molecule has 0 saturated heterocycles. The summed E-state index contributed by atoms with van der Waals surface area (Å²) >= 11 is 0. The molecule has 2 nitrogen and oxygen atoms in total. The maximum absolute atomic E-state index is 12.1. The number of aryl methyl sites for hydroxylation is 1. The number of fused-ring (bicyclic) bond motifs is 1. The van der Waals surface area contributed by atoms with Crippen molar-refractivity contribution < 1.29 is 4.79 Å². The van der Waals surface area contributed by atoms with Crippen LogP contribution in [0.15, 0.2) is 48.5 Å². The summed E-state index contributed by atoms with van der Waals surface area (Å²) in [6.07, 6.45) is 0.599. The van der Waals surface area contributed by atoms with E-state index >= 15 is 0 Å². The average Bonchev–Trinajstić information content (AvgIpc) is 2.77. The highest BCUT2D eigenvalue weighted by atomic mass is 16.1. The van der Waals surface area contributed by atoms with Crippen LogP contribution in [0.4, 0.5) is 0 Å². The van der Waals surface area contributed by atoms with Crippen LogP contribution >= 0.6 is 0 Å². The molecule has 20 heavy (non-hydrogen) atoms. The van der Waals surface area contributed by atoms with Crippen LogP contribution < -0.4 is 0 Å². The zero-order chi connectivity index (χ0) is 14.1. The topological polar surface area (TPSA) is 20.3 Å². The summed E-state index contributed by atoms with van der Waals surface area (Å²) in [7, 11) is 2.10. The van der Waals surface area contributed by atoms with Gasteiger partial charge in [-0.05, 0) is 25.1 Å². The third kappa shape index (κ3) is 2.39. The summed E-state index contributed by atoms with van der Waals surface area (Å²) in [5, 5.41) is 0. The molecule has 1 atom stereocenters. The van der Waals surface area contributed by atoms with Crippen molar-refractivity contribution in [2.75, 3.05) is 7.05 Å². The van der Waals surface area contributed by atoms with Crippen LogP contribution in [0.3, 0.4) is 0 Å². The first kappa shape index (κ1) is 13.1. The zero-order valence-electron chi connectivity index (χ0n) is 12.0. The molecular weight excluding hydrogens is 246 g/mol. The molecule has 0 heterocycles. The minimum Gasteiger partial charge on any atom is -0.295 e. The first-order valence-corrected chi connectivity index (χ1v) is 7.03. The van der Waals surface area contributed by atoms with Crippen LogP contribution in [0.5, 0.6) is 0 Å². The van der Waals surface area contributed by atoms with Crippen LogP contribution in [-0.4, -0.2) is 17.7 Å². The molecule has 3 rings (SSSR count). The summed E-state index contributed by atoms with van der Waals surface area (Å²) < 4.78 is 0. The van der Waals surface area contributed by atoms with E-state index in [1.54, 1.807) is 0 Å². The quantitative estimate of drug-likeness (QED) is 0.842. The third-order valence-electron chi connectivity index (χ3n) is 4.05. The molecule has 2 aromatic rings. The Morgan fingerprint density at radius 3 is 2.65 bits per heavy atom. The maximum atomic E-state index is 12.1. The van der Waals surface area contributed by atoms with Gasteiger partial charge in [-0.15, -0.1) is 0 Å². The van der Waals surface area contributed by atoms with Gasteiger partial charge in [0.15, 0.2) is 5.78 Å². The van der Waals surface area contributed by atoms with Gasteiger partial charge in [0.05, 0.1) is 0 Å². The Labute approximate surface area is 120 Å². The van der Waals surface area contributed by atoms with Gasteiger partial charge in [0.25, 0.3) is 0 Å². The van der Waals surface area contributed by atoms with Crippen molar-refractivity contribution in [1.29, 1.82) is 0 Å². The second-order valence-electron chi connectivity index (χ2n) is 5.63. The van der Waals surface area contributed by atoms with E-state index in [4.69, 9.17) is 0 Å². The summed E-state index contributed by atoms with van der Waals surface area (Å²) in [5.41, 5.74) is 4.59. The van der Waals surface area contributed by atoms with E-state index in [2.05, 4.69) is 49.2 Å². The largest absolute Gasteiger partial charge is 0.295 e. The maximum Gasteiger partial charge on any atom is 0.165 e. The second-order valence-corrected chi connectivity index (χ2v) is 5.63. The first-order valence-electron chi connectivity index (χ1n) is 7.03. The predicted molar refractivity (Wildman–Crippen MR) is 80.8 cm³/mol. The van der Waals surface area contributed by atoms with Crippen molar-refractivity contribution in [1.82, 2.24) is 4.90 Å². The molecule has 0 radical (unpaired) electrons. The molecule has 0 fully saturated rings. The fraction of sp³-hybridized carbons (Fsp3) is 0.278. The monoisotopic (exact) mass is 265 g/mol. The fourth-order valence-electron chi connectivity index (χ4n) is 2.98. The SMILES string of the molecule is Cc1ccc2c(c1)C(N(C)Cc1ccccc1)CC2=O. The smallest absolute Gasteiger partial charge is 0.165 e. The van der Waals surface area contributed by atoms with Gasteiger partial charge in [0.2, 0.25) is 0 Å². The number of benzene rings is 2. The Balaban J connectivity index is 1.85. The molecule has 1 aliphatic carbocycles. The van der Waals surface area contributed by atoms with Crippen molar-refractivity contribution in [3.05, 3.63) is 70.8 Å². The number of nitrogens with zero attached hydrogens (tertiary/aromatic N) is 1. The number of rotatable bonds is 3. The van der Waals surface area contributed by atoms with Gasteiger partial charge in [-0.3, -0.25) is 9.69 Å². The number of carbonyl (C=O) groups is 1. The molecule has 0 saturated carbocycles. The van der Waals surface area contributed by atoms with Crippen molar-refractivity contribution >= 4 is 5.78 Å². The van der Waals surface area contributed by atoms with Gasteiger partial charge < -0.3 is 0 Å². The van der Waals surface area contributed by atoms with Crippen molar-refractivity contribution in [3.63, 3.8) is 0 Å². The van der Waals surface area contributed by atoms with Gasteiger partial charge in [-0.25, -0.2) is 0 Å². The van der Waals surface area contributed by atoms with Gasteiger partial charge >= 0.3 is 0 Å². The first-order chi connectivity index (χ1) is 9.65. The predicted octanol–water partition coefficient (Wildman–Crippen LogP) is 3.75. The lowest BCUT2D eigenvalue weighted by molar-refractivity contribution is 0.0961. The Morgan fingerprint density at radius 2 is 1.90 bits per heavy atom. The summed E-state index contributed by atoms with van der Waals surface area (Å²) in [5.74, 6) is 0.268. The molecule has 0 spiro atoms. The fourth-order valence-corrected chi connectivity index (χ4v) is 2.98. The second kappa shape index (κ2) is 5.22. The molecule has 0 aliphatic heterocycles. The van der Waals surface area contributed by atoms with Gasteiger partial charge in [-0.1, -0.05) is 54.1 Å². The van der Waals surface area contributed by atoms with Crippen molar-refractivity contribution in [2.45, 2.75) is 25.9 Å². The lowest BCUT2D eigenvalue weighted by Crippen LogP contribution is -2.22. The third-order valence-corrected chi connectivity index (χ3v) is 4.05. The van der Waals surface area contributed by atoms with Gasteiger partial charge in [0, 0.05) is 24.6 Å². The number of carbonyl (C=O) groups excluding carboxylic acids is 1. The van der Waals surface area contributed by atoms with E-state index in [0.717, 1.165) is 12.1 Å². The molecule has 2 aromatic carbocycles. The highest BCUT2D eigenvalue weighted by molar-refractivity contribution is 6.01. The molecule has 0 N–H and O–H groups in total. The average molecular weight is 265 g/mol. The molecular formula is C18H19NO. The number of hydrogen-bond acceptors (Lipinski definition) is 2. The van der Waals surface area contributed by atoms with Gasteiger partial charge in [0.1, 0.15) is 0 Å². The van der Waals surface area contributed by atoms with E-state index in [1.807, 2.05) is 18.2 Å². The van der Waals surface area contributed by atoms with Crippen molar-refractivity contribution in [3.8, 4) is 0 Å². The van der Waals surface area contributed by atoms with Crippen LogP contribution in [0.1, 0.15) is 39.5 Å². The molecule has 102 valence electrons.